The van der Waals surface area contributed by atoms with Crippen LogP contribution in [0.1, 0.15) is 63.9 Å². The molecular weight excluding hydrogens is 318 g/mol. The Morgan fingerprint density at radius 3 is 2.28 bits per heavy atom. The zero-order valence-corrected chi connectivity index (χ0v) is 14.1. The fourth-order valence-corrected chi connectivity index (χ4v) is 2.79. The summed E-state index contributed by atoms with van der Waals surface area (Å²) < 4.78 is 0. The third-order valence-corrected chi connectivity index (χ3v) is 4.14. The summed E-state index contributed by atoms with van der Waals surface area (Å²) >= 11 is 0. The molecule has 0 aromatic heterocycles. The topological polar surface area (TPSA) is 97.5 Å². The van der Waals surface area contributed by atoms with Crippen molar-refractivity contribution in [1.82, 2.24) is 0 Å². The molecule has 0 heterocycles. The van der Waals surface area contributed by atoms with Gasteiger partial charge in [0, 0.05) is 16.7 Å². The molecule has 0 saturated heterocycles. The van der Waals surface area contributed by atoms with Crippen LogP contribution in [0, 0.1) is 0 Å². The van der Waals surface area contributed by atoms with Gasteiger partial charge in [0.1, 0.15) is 0 Å². The molecule has 130 valence electrons. The van der Waals surface area contributed by atoms with Crippen LogP contribution in [0.3, 0.4) is 0 Å². The minimum Gasteiger partial charge on any atom is -0.481 e. The molecule has 0 aliphatic heterocycles. The number of hydrogen-bond donors (Lipinski definition) is 2. The largest absolute Gasteiger partial charge is 0.481 e. The van der Waals surface area contributed by atoms with E-state index in [-0.39, 0.29) is 11.3 Å². The van der Waals surface area contributed by atoms with Crippen molar-refractivity contribution in [2.24, 2.45) is 5.73 Å². The van der Waals surface area contributed by atoms with Gasteiger partial charge < -0.3 is 10.8 Å². The Morgan fingerprint density at radius 1 is 1.04 bits per heavy atom. The van der Waals surface area contributed by atoms with Crippen molar-refractivity contribution in [3.8, 4) is 0 Å². The molecule has 2 aromatic carbocycles. The summed E-state index contributed by atoms with van der Waals surface area (Å²) in [4.78, 5) is 36.0. The Balaban J connectivity index is 2.50. The van der Waals surface area contributed by atoms with Gasteiger partial charge in [0.15, 0.2) is 5.78 Å². The Bertz CT molecular complexity index is 784. The van der Waals surface area contributed by atoms with E-state index < -0.39 is 17.8 Å². The number of ketones is 1. The van der Waals surface area contributed by atoms with Crippen LogP contribution in [0.4, 0.5) is 0 Å². The molecule has 1 amide bonds. The van der Waals surface area contributed by atoms with Crippen molar-refractivity contribution in [3.63, 3.8) is 0 Å². The summed E-state index contributed by atoms with van der Waals surface area (Å²) in [6.45, 7) is 1.96. The predicted molar refractivity (Wildman–Crippen MR) is 94.7 cm³/mol. The first-order chi connectivity index (χ1) is 12.0. The second-order valence-electron chi connectivity index (χ2n) is 5.89. The van der Waals surface area contributed by atoms with Gasteiger partial charge >= 0.3 is 5.97 Å². The molecule has 0 radical (unpaired) electrons. The number of carboxylic acids is 1. The number of aliphatic carboxylic acids is 1. The highest BCUT2D eigenvalue weighted by atomic mass is 16.4. The van der Waals surface area contributed by atoms with Crippen LogP contribution in [0.2, 0.25) is 0 Å². The van der Waals surface area contributed by atoms with E-state index in [1.807, 2.05) is 13.0 Å². The molecule has 25 heavy (non-hydrogen) atoms. The SMILES string of the molecule is CCCCC(C(=O)O)c1cc(C(=O)c2ccccc2)ccc1C(N)=O. The first-order valence-electron chi connectivity index (χ1n) is 8.22. The zero-order chi connectivity index (χ0) is 18.4. The van der Waals surface area contributed by atoms with E-state index in [0.717, 1.165) is 6.42 Å². The first-order valence-corrected chi connectivity index (χ1v) is 8.22. The summed E-state index contributed by atoms with van der Waals surface area (Å²) in [6, 6.07) is 13.1. The molecule has 0 aliphatic rings. The highest BCUT2D eigenvalue weighted by Crippen LogP contribution is 2.28. The summed E-state index contributed by atoms with van der Waals surface area (Å²) in [5.41, 5.74) is 6.69. The van der Waals surface area contributed by atoms with Crippen molar-refractivity contribution in [1.29, 1.82) is 0 Å². The Kier molecular flexibility index (Phi) is 6.06. The van der Waals surface area contributed by atoms with Crippen LogP contribution in [0.25, 0.3) is 0 Å². The number of hydrogen-bond acceptors (Lipinski definition) is 3. The number of unbranched alkanes of at least 4 members (excludes halogenated alkanes) is 1. The number of nitrogens with two attached hydrogens (primary N) is 1. The standard InChI is InChI=1S/C20H21NO4/c1-2-3-9-16(20(24)25)17-12-14(10-11-15(17)19(21)23)18(22)13-7-5-4-6-8-13/h4-8,10-12,16H,2-3,9H2,1H3,(H2,21,23)(H,24,25). The zero-order valence-electron chi connectivity index (χ0n) is 14.1. The summed E-state index contributed by atoms with van der Waals surface area (Å²) in [5, 5.41) is 9.57. The summed E-state index contributed by atoms with van der Waals surface area (Å²) in [6.07, 6.45) is 1.92. The van der Waals surface area contributed by atoms with Gasteiger partial charge in [-0.2, -0.15) is 0 Å². The lowest BCUT2D eigenvalue weighted by Crippen LogP contribution is -2.20. The van der Waals surface area contributed by atoms with Crippen LogP contribution in [-0.2, 0) is 4.79 Å². The monoisotopic (exact) mass is 339 g/mol. The van der Waals surface area contributed by atoms with Gasteiger partial charge in [-0.25, -0.2) is 0 Å². The maximum atomic E-state index is 12.6. The van der Waals surface area contributed by atoms with Crippen LogP contribution < -0.4 is 5.73 Å². The van der Waals surface area contributed by atoms with Gasteiger partial charge in [-0.3, -0.25) is 14.4 Å². The van der Waals surface area contributed by atoms with Gasteiger partial charge in [-0.15, -0.1) is 0 Å². The smallest absolute Gasteiger partial charge is 0.310 e. The predicted octanol–water partition coefficient (Wildman–Crippen LogP) is 3.37. The van der Waals surface area contributed by atoms with E-state index in [1.54, 1.807) is 24.3 Å². The highest BCUT2D eigenvalue weighted by molar-refractivity contribution is 6.10. The molecule has 0 saturated carbocycles. The van der Waals surface area contributed by atoms with Crippen molar-refractivity contribution in [2.75, 3.05) is 0 Å². The van der Waals surface area contributed by atoms with Gasteiger partial charge in [-0.05, 0) is 24.1 Å². The second-order valence-corrected chi connectivity index (χ2v) is 5.89. The third-order valence-electron chi connectivity index (χ3n) is 4.14. The first kappa shape index (κ1) is 18.4. The number of carbonyl (C=O) groups excluding carboxylic acids is 2. The van der Waals surface area contributed by atoms with Crippen molar-refractivity contribution < 1.29 is 19.5 Å². The van der Waals surface area contributed by atoms with E-state index in [0.29, 0.717) is 29.5 Å². The molecule has 0 spiro atoms. The maximum absolute atomic E-state index is 12.6. The fraction of sp³-hybridized carbons (Fsp3) is 0.250. The molecular formula is C20H21NO4. The molecule has 3 N–H and O–H groups in total. The summed E-state index contributed by atoms with van der Waals surface area (Å²) in [5.74, 6) is -2.82. The van der Waals surface area contributed by atoms with E-state index in [4.69, 9.17) is 5.73 Å². The number of rotatable bonds is 8. The lowest BCUT2D eigenvalue weighted by Gasteiger charge is -2.16. The Labute approximate surface area is 146 Å². The quantitative estimate of drug-likeness (QED) is 0.720. The lowest BCUT2D eigenvalue weighted by molar-refractivity contribution is -0.139. The van der Waals surface area contributed by atoms with E-state index in [1.165, 1.54) is 18.2 Å². The average Bonchev–Trinajstić information content (AvgIpc) is 2.61. The van der Waals surface area contributed by atoms with Crippen molar-refractivity contribution >= 4 is 17.7 Å². The number of amides is 1. The number of carbonyl (C=O) groups is 3. The van der Waals surface area contributed by atoms with Gasteiger partial charge in [0.2, 0.25) is 5.91 Å². The molecule has 1 atom stereocenters. The normalized spacial score (nSPS) is 11.7. The Morgan fingerprint density at radius 2 is 1.72 bits per heavy atom. The molecule has 0 fully saturated rings. The van der Waals surface area contributed by atoms with Crippen LogP contribution in [-0.4, -0.2) is 22.8 Å². The minimum atomic E-state index is -1.03. The minimum absolute atomic E-state index is 0.146. The maximum Gasteiger partial charge on any atom is 0.310 e. The second kappa shape index (κ2) is 8.24. The van der Waals surface area contributed by atoms with E-state index in [9.17, 15) is 19.5 Å². The fourth-order valence-electron chi connectivity index (χ4n) is 2.79. The van der Waals surface area contributed by atoms with Crippen LogP contribution in [0.15, 0.2) is 48.5 Å². The average molecular weight is 339 g/mol. The summed E-state index contributed by atoms with van der Waals surface area (Å²) in [7, 11) is 0. The number of benzene rings is 2. The molecule has 0 aliphatic carbocycles. The van der Waals surface area contributed by atoms with E-state index >= 15 is 0 Å². The molecule has 0 bridgehead atoms. The molecule has 5 nitrogen and oxygen atoms in total. The van der Waals surface area contributed by atoms with Gasteiger partial charge in [0.05, 0.1) is 5.92 Å². The van der Waals surface area contributed by atoms with Gasteiger partial charge in [0.25, 0.3) is 0 Å². The molecule has 1 unspecified atom stereocenters. The van der Waals surface area contributed by atoms with Crippen molar-refractivity contribution in [3.05, 3.63) is 70.8 Å². The number of carboxylic acid groups (broad SMARTS) is 1. The highest BCUT2D eigenvalue weighted by Gasteiger charge is 2.25. The molecule has 2 rings (SSSR count). The lowest BCUT2D eigenvalue weighted by atomic mass is 9.87. The van der Waals surface area contributed by atoms with Crippen molar-refractivity contribution in [2.45, 2.75) is 32.1 Å². The van der Waals surface area contributed by atoms with Crippen LogP contribution in [0.5, 0.6) is 0 Å². The third kappa shape index (κ3) is 4.32. The molecule has 5 heteroatoms. The Hall–Kier alpha value is -2.95. The number of primary amides is 1. The van der Waals surface area contributed by atoms with E-state index in [2.05, 4.69) is 0 Å². The van der Waals surface area contributed by atoms with Crippen LogP contribution >= 0.6 is 0 Å². The van der Waals surface area contributed by atoms with Gasteiger partial charge in [-0.1, -0.05) is 56.2 Å². The molecule has 2 aromatic rings.